The number of aromatic nitrogens is 4. The van der Waals surface area contributed by atoms with Crippen LogP contribution in [0.15, 0.2) is 41.6 Å². The van der Waals surface area contributed by atoms with Crippen LogP contribution in [0.3, 0.4) is 0 Å². The summed E-state index contributed by atoms with van der Waals surface area (Å²) in [6, 6.07) is 5.28. The quantitative estimate of drug-likeness (QED) is 0.627. The highest BCUT2D eigenvalue weighted by Gasteiger charge is 2.34. The summed E-state index contributed by atoms with van der Waals surface area (Å²) in [5, 5.41) is 4.13. The molecule has 0 radical (unpaired) electrons. The van der Waals surface area contributed by atoms with Crippen molar-refractivity contribution in [2.24, 2.45) is 13.0 Å². The Labute approximate surface area is 166 Å². The van der Waals surface area contributed by atoms with Crippen molar-refractivity contribution in [1.29, 1.82) is 0 Å². The van der Waals surface area contributed by atoms with Crippen LogP contribution < -0.4 is 20.1 Å². The van der Waals surface area contributed by atoms with Gasteiger partial charge in [0, 0.05) is 32.3 Å². The van der Waals surface area contributed by atoms with Crippen LogP contribution in [-0.2, 0) is 11.8 Å². The van der Waals surface area contributed by atoms with Gasteiger partial charge in [-0.1, -0.05) is 0 Å². The molecule has 3 aromatic rings. The van der Waals surface area contributed by atoms with E-state index in [0.29, 0.717) is 48.3 Å². The molecule has 9 nitrogen and oxygen atoms in total. The first-order chi connectivity index (χ1) is 14.1. The Morgan fingerprint density at radius 3 is 2.79 bits per heavy atom. The first-order valence-electron chi connectivity index (χ1n) is 9.70. The van der Waals surface area contributed by atoms with Gasteiger partial charge in [0.15, 0.2) is 11.8 Å². The third-order valence-corrected chi connectivity index (χ3v) is 5.26. The fourth-order valence-electron chi connectivity index (χ4n) is 3.45. The van der Waals surface area contributed by atoms with Crippen molar-refractivity contribution in [3.05, 3.63) is 47.3 Å². The standard InChI is InChI=1S/C20H21N5O4/c1-23-20(27)25-11-14(4-5-18(25)22-23)24-7-6-17(19(24)26)29-16-8-15(9-21-10-16)28-12-13-2-3-13/h4-5,8-11,13,17H,2-3,6-7,12H2,1H3/t17-/m1/s1. The first kappa shape index (κ1) is 17.7. The number of fused-ring (bicyclic) bond motifs is 1. The molecule has 1 atom stereocenters. The van der Waals surface area contributed by atoms with E-state index in [-0.39, 0.29) is 11.6 Å². The molecule has 2 aliphatic rings. The molecule has 3 aromatic heterocycles. The van der Waals surface area contributed by atoms with Crippen LogP contribution in [0.4, 0.5) is 5.69 Å². The lowest BCUT2D eigenvalue weighted by Crippen LogP contribution is -2.32. The smallest absolute Gasteiger partial charge is 0.350 e. The molecule has 1 saturated heterocycles. The molecule has 29 heavy (non-hydrogen) atoms. The number of pyridine rings is 2. The van der Waals surface area contributed by atoms with Crippen molar-refractivity contribution in [3.8, 4) is 11.5 Å². The zero-order valence-electron chi connectivity index (χ0n) is 16.0. The Morgan fingerprint density at radius 2 is 1.97 bits per heavy atom. The maximum absolute atomic E-state index is 12.9. The van der Waals surface area contributed by atoms with Crippen LogP contribution in [0.2, 0.25) is 0 Å². The molecule has 1 saturated carbocycles. The monoisotopic (exact) mass is 395 g/mol. The fraction of sp³-hybridized carbons (Fsp3) is 0.400. The van der Waals surface area contributed by atoms with Gasteiger partial charge in [-0.25, -0.2) is 13.9 Å². The van der Waals surface area contributed by atoms with Gasteiger partial charge in [0.05, 0.1) is 24.7 Å². The summed E-state index contributed by atoms with van der Waals surface area (Å²) in [6.07, 6.45) is 7.25. The van der Waals surface area contributed by atoms with Crippen molar-refractivity contribution < 1.29 is 14.3 Å². The minimum Gasteiger partial charge on any atom is -0.492 e. The summed E-state index contributed by atoms with van der Waals surface area (Å²) >= 11 is 0. The molecule has 5 rings (SSSR count). The van der Waals surface area contributed by atoms with E-state index in [0.717, 1.165) is 0 Å². The number of aryl methyl sites for hydroxylation is 1. The third-order valence-electron chi connectivity index (χ3n) is 5.26. The Hall–Kier alpha value is -3.36. The maximum atomic E-state index is 12.9. The van der Waals surface area contributed by atoms with E-state index in [1.807, 2.05) is 0 Å². The fourth-order valence-corrected chi connectivity index (χ4v) is 3.45. The van der Waals surface area contributed by atoms with Crippen LogP contribution in [0.5, 0.6) is 11.5 Å². The van der Waals surface area contributed by atoms with Crippen molar-refractivity contribution in [3.63, 3.8) is 0 Å². The highest BCUT2D eigenvalue weighted by molar-refractivity contribution is 5.99. The molecule has 150 valence electrons. The molecule has 4 heterocycles. The number of hydrogen-bond donors (Lipinski definition) is 0. The average molecular weight is 395 g/mol. The second kappa shape index (κ2) is 6.91. The molecule has 0 N–H and O–H groups in total. The number of nitrogens with zero attached hydrogens (tertiary/aromatic N) is 5. The molecular weight excluding hydrogens is 374 g/mol. The number of carbonyl (C=O) groups excluding carboxylic acids is 1. The Bertz CT molecular complexity index is 1130. The van der Waals surface area contributed by atoms with E-state index in [1.54, 1.807) is 48.7 Å². The zero-order chi connectivity index (χ0) is 20.0. The summed E-state index contributed by atoms with van der Waals surface area (Å²) in [7, 11) is 1.59. The van der Waals surface area contributed by atoms with Crippen molar-refractivity contribution in [2.75, 3.05) is 18.1 Å². The summed E-state index contributed by atoms with van der Waals surface area (Å²) in [6.45, 7) is 1.20. The molecule has 1 amide bonds. The van der Waals surface area contributed by atoms with E-state index >= 15 is 0 Å². The number of carbonyl (C=O) groups is 1. The molecule has 0 spiro atoms. The van der Waals surface area contributed by atoms with E-state index < -0.39 is 6.10 Å². The van der Waals surface area contributed by atoms with Crippen LogP contribution in [0.25, 0.3) is 5.65 Å². The van der Waals surface area contributed by atoms with E-state index in [2.05, 4.69) is 10.1 Å². The molecule has 2 fully saturated rings. The van der Waals surface area contributed by atoms with Crippen LogP contribution in [-0.4, -0.2) is 44.3 Å². The summed E-state index contributed by atoms with van der Waals surface area (Å²) < 4.78 is 14.3. The topological polar surface area (TPSA) is 91.0 Å². The number of rotatable bonds is 6. The van der Waals surface area contributed by atoms with Gasteiger partial charge in [-0.05, 0) is 30.9 Å². The van der Waals surface area contributed by atoms with E-state index in [4.69, 9.17) is 9.47 Å². The SMILES string of the molecule is Cn1nc2ccc(N3CC[C@@H](Oc4cncc(OCC5CC5)c4)C3=O)cn2c1=O. The number of hydrogen-bond acceptors (Lipinski definition) is 6. The molecule has 1 aliphatic heterocycles. The molecule has 9 heteroatoms. The maximum Gasteiger partial charge on any atom is 0.350 e. The van der Waals surface area contributed by atoms with Crippen LogP contribution in [0, 0.1) is 5.92 Å². The van der Waals surface area contributed by atoms with E-state index in [9.17, 15) is 9.59 Å². The Morgan fingerprint density at radius 1 is 1.14 bits per heavy atom. The lowest BCUT2D eigenvalue weighted by atomic mass is 10.3. The van der Waals surface area contributed by atoms with Gasteiger partial charge in [0.25, 0.3) is 5.91 Å². The molecule has 0 unspecified atom stereocenters. The largest absolute Gasteiger partial charge is 0.492 e. The first-order valence-corrected chi connectivity index (χ1v) is 9.70. The molecule has 1 aliphatic carbocycles. The molecular formula is C20H21N5O4. The summed E-state index contributed by atoms with van der Waals surface area (Å²) in [5.41, 5.74) is 0.925. The normalized spacial score (nSPS) is 19.1. The Balaban J connectivity index is 1.30. The minimum atomic E-state index is -0.600. The zero-order valence-corrected chi connectivity index (χ0v) is 16.0. The molecule has 0 aromatic carbocycles. The highest BCUT2D eigenvalue weighted by atomic mass is 16.5. The second-order valence-corrected chi connectivity index (χ2v) is 7.52. The lowest BCUT2D eigenvalue weighted by molar-refractivity contribution is -0.122. The van der Waals surface area contributed by atoms with Gasteiger partial charge in [-0.2, -0.15) is 5.10 Å². The number of ether oxygens (including phenoxy) is 2. The van der Waals surface area contributed by atoms with Crippen molar-refractivity contribution in [1.82, 2.24) is 19.2 Å². The average Bonchev–Trinajstić information content (AvgIpc) is 3.43. The Kier molecular flexibility index (Phi) is 4.22. The van der Waals surface area contributed by atoms with Gasteiger partial charge in [-0.15, -0.1) is 0 Å². The van der Waals surface area contributed by atoms with Crippen molar-refractivity contribution in [2.45, 2.75) is 25.4 Å². The lowest BCUT2D eigenvalue weighted by Gasteiger charge is -2.17. The number of anilines is 1. The highest BCUT2D eigenvalue weighted by Crippen LogP contribution is 2.30. The van der Waals surface area contributed by atoms with Gasteiger partial charge in [0.2, 0.25) is 0 Å². The molecule has 0 bridgehead atoms. The van der Waals surface area contributed by atoms with Gasteiger partial charge < -0.3 is 14.4 Å². The van der Waals surface area contributed by atoms with Gasteiger partial charge in [0.1, 0.15) is 11.5 Å². The van der Waals surface area contributed by atoms with Crippen LogP contribution in [0.1, 0.15) is 19.3 Å². The van der Waals surface area contributed by atoms with Gasteiger partial charge >= 0.3 is 5.69 Å². The summed E-state index contributed by atoms with van der Waals surface area (Å²) in [5.74, 6) is 1.66. The third kappa shape index (κ3) is 3.43. The van der Waals surface area contributed by atoms with Gasteiger partial charge in [-0.3, -0.25) is 9.78 Å². The minimum absolute atomic E-state index is 0.148. The summed E-state index contributed by atoms with van der Waals surface area (Å²) in [4.78, 5) is 30.8. The predicted octanol–water partition coefficient (Wildman–Crippen LogP) is 1.40. The second-order valence-electron chi connectivity index (χ2n) is 7.52. The van der Waals surface area contributed by atoms with Crippen molar-refractivity contribution >= 4 is 17.2 Å². The van der Waals surface area contributed by atoms with E-state index in [1.165, 1.54) is 21.9 Å². The number of amides is 1. The van der Waals surface area contributed by atoms with Crippen LogP contribution >= 0.6 is 0 Å². The predicted molar refractivity (Wildman–Crippen MR) is 104 cm³/mol.